The van der Waals surface area contributed by atoms with E-state index in [9.17, 15) is 0 Å². The first-order chi connectivity index (χ1) is 4.86. The Balaban J connectivity index is 2.84. The summed E-state index contributed by atoms with van der Waals surface area (Å²) in [6.07, 6.45) is 1.12. The van der Waals surface area contributed by atoms with E-state index in [1.807, 2.05) is 0 Å². The van der Waals surface area contributed by atoms with Gasteiger partial charge in [-0.15, -0.1) is 11.3 Å². The van der Waals surface area contributed by atoms with E-state index in [0.717, 1.165) is 6.42 Å². The molecular formula is C8H7IS. The van der Waals surface area contributed by atoms with Crippen molar-refractivity contribution >= 4 is 33.9 Å². The van der Waals surface area contributed by atoms with Crippen LogP contribution in [-0.2, 0) is 6.42 Å². The van der Waals surface area contributed by atoms with Crippen LogP contribution >= 0.6 is 33.9 Å². The quantitative estimate of drug-likeness (QED) is 0.539. The first kappa shape index (κ1) is 8.09. The minimum absolute atomic E-state index is 1.12. The Morgan fingerprint density at radius 2 is 2.40 bits per heavy atom. The lowest BCUT2D eigenvalue weighted by Gasteiger charge is -1.80. The highest BCUT2D eigenvalue weighted by molar-refractivity contribution is 14.1. The highest BCUT2D eigenvalue weighted by Gasteiger charge is 1.92. The Bertz CT molecular complexity index is 264. The molecule has 0 spiro atoms. The molecule has 0 atom stereocenters. The van der Waals surface area contributed by atoms with Crippen LogP contribution in [-0.4, -0.2) is 0 Å². The second kappa shape index (κ2) is 3.99. The predicted octanol–water partition coefficient (Wildman–Crippen LogP) is 3.05. The number of aryl methyl sites for hydroxylation is 1. The molecule has 0 N–H and O–H groups in total. The molecule has 52 valence electrons. The van der Waals surface area contributed by atoms with E-state index < -0.39 is 0 Å². The summed E-state index contributed by atoms with van der Waals surface area (Å²) in [7, 11) is 0. The molecule has 1 aromatic rings. The Labute approximate surface area is 78.8 Å². The minimum Gasteiger partial charge on any atom is -0.132 e. The van der Waals surface area contributed by atoms with Gasteiger partial charge >= 0.3 is 0 Å². The molecule has 0 radical (unpaired) electrons. The summed E-state index contributed by atoms with van der Waals surface area (Å²) in [5.41, 5.74) is 0. The van der Waals surface area contributed by atoms with Gasteiger partial charge in [0.2, 0.25) is 0 Å². The van der Waals surface area contributed by atoms with E-state index in [4.69, 9.17) is 0 Å². The molecule has 0 aliphatic carbocycles. The fraction of sp³-hybridized carbons (Fsp3) is 0.250. The normalized spacial score (nSPS) is 8.60. The fourth-order valence-corrected chi connectivity index (χ4v) is 1.96. The SMILES string of the molecule is CCc1ccc(C#CI)s1. The zero-order valence-electron chi connectivity index (χ0n) is 5.65. The smallest absolute Gasteiger partial charge is 0.0779 e. The monoisotopic (exact) mass is 262 g/mol. The standard InChI is InChI=1S/C8H7IS/c1-2-7-3-4-8(10-7)5-6-9/h3-4H,2H2,1H3. The molecule has 10 heavy (non-hydrogen) atoms. The molecule has 1 rings (SSSR count). The first-order valence-electron chi connectivity index (χ1n) is 3.07. The molecule has 0 aromatic carbocycles. The second-order valence-electron chi connectivity index (χ2n) is 1.84. The first-order valence-corrected chi connectivity index (χ1v) is 4.96. The number of halogens is 1. The molecule has 0 amide bonds. The molecule has 0 saturated heterocycles. The summed E-state index contributed by atoms with van der Waals surface area (Å²) >= 11 is 3.84. The number of rotatable bonds is 1. The molecule has 0 aliphatic heterocycles. The van der Waals surface area contributed by atoms with Gasteiger partial charge in [0, 0.05) is 27.5 Å². The summed E-state index contributed by atoms with van der Waals surface area (Å²) in [6.45, 7) is 2.16. The maximum absolute atomic E-state index is 3.02. The van der Waals surface area contributed by atoms with Crippen LogP contribution in [0, 0.1) is 9.85 Å². The number of thiophene rings is 1. The third-order valence-electron chi connectivity index (χ3n) is 1.18. The van der Waals surface area contributed by atoms with E-state index in [1.165, 1.54) is 9.75 Å². The van der Waals surface area contributed by atoms with Crippen LogP contribution < -0.4 is 0 Å². The van der Waals surface area contributed by atoms with Gasteiger partial charge in [-0.3, -0.25) is 0 Å². The Hall–Kier alpha value is -0.01000. The Morgan fingerprint density at radius 3 is 2.90 bits per heavy atom. The minimum atomic E-state index is 1.12. The number of hydrogen-bond acceptors (Lipinski definition) is 1. The zero-order chi connectivity index (χ0) is 7.40. The van der Waals surface area contributed by atoms with Gasteiger partial charge < -0.3 is 0 Å². The molecule has 0 bridgehead atoms. The van der Waals surface area contributed by atoms with E-state index in [0.29, 0.717) is 0 Å². The maximum atomic E-state index is 3.02. The van der Waals surface area contributed by atoms with Gasteiger partial charge in [-0.25, -0.2) is 0 Å². The molecule has 0 aliphatic rings. The van der Waals surface area contributed by atoms with Crippen molar-refractivity contribution in [2.75, 3.05) is 0 Å². The van der Waals surface area contributed by atoms with Gasteiger partial charge in [0.25, 0.3) is 0 Å². The Morgan fingerprint density at radius 1 is 1.60 bits per heavy atom. The summed E-state index contributed by atoms with van der Waals surface area (Å²) < 4.78 is 2.85. The Kier molecular flexibility index (Phi) is 3.23. The van der Waals surface area contributed by atoms with Crippen LogP contribution in [0.15, 0.2) is 12.1 Å². The third-order valence-corrected chi connectivity index (χ3v) is 2.60. The van der Waals surface area contributed by atoms with Crippen molar-refractivity contribution in [3.05, 3.63) is 21.9 Å². The lowest BCUT2D eigenvalue weighted by molar-refractivity contribution is 1.19. The third kappa shape index (κ3) is 1.99. The lowest BCUT2D eigenvalue weighted by Crippen LogP contribution is -1.63. The van der Waals surface area contributed by atoms with Gasteiger partial charge in [-0.05, 0) is 28.4 Å². The van der Waals surface area contributed by atoms with Crippen LogP contribution in [0.5, 0.6) is 0 Å². The molecule has 1 heterocycles. The zero-order valence-corrected chi connectivity index (χ0v) is 8.62. The van der Waals surface area contributed by atoms with Crippen molar-refractivity contribution in [3.63, 3.8) is 0 Å². The largest absolute Gasteiger partial charge is 0.132 e. The average Bonchev–Trinajstić information content (AvgIpc) is 2.37. The van der Waals surface area contributed by atoms with Crippen molar-refractivity contribution in [2.24, 2.45) is 0 Å². The molecule has 1 aromatic heterocycles. The van der Waals surface area contributed by atoms with E-state index in [-0.39, 0.29) is 0 Å². The summed E-state index contributed by atoms with van der Waals surface area (Å²) in [5, 5.41) is 0. The van der Waals surface area contributed by atoms with Crippen LogP contribution in [0.1, 0.15) is 16.7 Å². The van der Waals surface area contributed by atoms with E-state index >= 15 is 0 Å². The fourth-order valence-electron chi connectivity index (χ4n) is 0.682. The van der Waals surface area contributed by atoms with Gasteiger partial charge in [-0.2, -0.15) is 0 Å². The second-order valence-corrected chi connectivity index (χ2v) is 3.55. The summed E-state index contributed by atoms with van der Waals surface area (Å²) in [4.78, 5) is 2.58. The van der Waals surface area contributed by atoms with Gasteiger partial charge in [-0.1, -0.05) is 6.92 Å². The lowest BCUT2D eigenvalue weighted by atomic mass is 10.4. The topological polar surface area (TPSA) is 0 Å². The van der Waals surface area contributed by atoms with Crippen molar-refractivity contribution in [1.82, 2.24) is 0 Å². The van der Waals surface area contributed by atoms with Gasteiger partial charge in [0.15, 0.2) is 0 Å². The van der Waals surface area contributed by atoms with Crippen molar-refractivity contribution < 1.29 is 0 Å². The summed E-state index contributed by atoms with van der Waals surface area (Å²) in [6, 6.07) is 4.22. The highest BCUT2D eigenvalue weighted by atomic mass is 127. The highest BCUT2D eigenvalue weighted by Crippen LogP contribution is 2.15. The van der Waals surface area contributed by atoms with E-state index in [2.05, 4.69) is 51.5 Å². The summed E-state index contributed by atoms with van der Waals surface area (Å²) in [5.74, 6) is 3.02. The van der Waals surface area contributed by atoms with Crippen LogP contribution in [0.3, 0.4) is 0 Å². The van der Waals surface area contributed by atoms with E-state index in [1.54, 1.807) is 11.3 Å². The molecule has 0 unspecified atom stereocenters. The molecule has 0 saturated carbocycles. The average molecular weight is 262 g/mol. The molecule has 0 nitrogen and oxygen atoms in total. The van der Waals surface area contributed by atoms with Crippen LogP contribution in [0.25, 0.3) is 0 Å². The maximum Gasteiger partial charge on any atom is 0.0779 e. The number of hydrogen-bond donors (Lipinski definition) is 0. The molecular weight excluding hydrogens is 255 g/mol. The van der Waals surface area contributed by atoms with Gasteiger partial charge in [0.1, 0.15) is 0 Å². The van der Waals surface area contributed by atoms with Crippen molar-refractivity contribution in [1.29, 1.82) is 0 Å². The van der Waals surface area contributed by atoms with Crippen LogP contribution in [0.2, 0.25) is 0 Å². The van der Waals surface area contributed by atoms with Crippen LogP contribution in [0.4, 0.5) is 0 Å². The van der Waals surface area contributed by atoms with Gasteiger partial charge in [0.05, 0.1) is 4.88 Å². The van der Waals surface area contributed by atoms with Crippen molar-refractivity contribution in [3.8, 4) is 9.85 Å². The predicted molar refractivity (Wildman–Crippen MR) is 54.6 cm³/mol. The molecule has 0 fully saturated rings. The molecule has 2 heteroatoms. The van der Waals surface area contributed by atoms with Crippen molar-refractivity contribution in [2.45, 2.75) is 13.3 Å².